The van der Waals surface area contributed by atoms with Crippen molar-refractivity contribution in [3.05, 3.63) is 0 Å². The van der Waals surface area contributed by atoms with E-state index in [1.54, 1.807) is 0 Å². The Balaban J connectivity index is 0.00000144. The molecule has 0 aromatic heterocycles. The molecular weight excluding hydrogens is 248 g/mol. The van der Waals surface area contributed by atoms with Crippen molar-refractivity contribution >= 4 is 5.97 Å². The van der Waals surface area contributed by atoms with Crippen LogP contribution in [-0.2, 0) is 25.9 Å². The Kier molecular flexibility index (Phi) is 6.67. The van der Waals surface area contributed by atoms with Gasteiger partial charge in [0, 0.05) is 21.1 Å². The molecule has 1 N–H and O–H groups in total. The quantitative estimate of drug-likeness (QED) is 0.797. The number of rotatable bonds is 3. The average Bonchev–Trinajstić information content (AvgIpc) is 2.07. The molecule has 1 atom stereocenters. The molecule has 1 unspecified atom stereocenters. The first-order valence-corrected chi connectivity index (χ1v) is 4.98. The predicted molar refractivity (Wildman–Crippen MR) is 48.0 cm³/mol. The van der Waals surface area contributed by atoms with Crippen LogP contribution in [0.3, 0.4) is 0 Å². The van der Waals surface area contributed by atoms with Crippen LogP contribution in [0.1, 0.15) is 45.4 Å². The second kappa shape index (κ2) is 6.59. The van der Waals surface area contributed by atoms with E-state index in [2.05, 4.69) is 0 Å². The van der Waals surface area contributed by atoms with Crippen LogP contribution in [0.25, 0.3) is 0 Å². The van der Waals surface area contributed by atoms with E-state index >= 15 is 0 Å². The van der Waals surface area contributed by atoms with E-state index < -0.39 is 5.97 Å². The van der Waals surface area contributed by atoms with E-state index in [0.29, 0.717) is 5.92 Å². The second-order valence-electron chi connectivity index (χ2n) is 3.75. The van der Waals surface area contributed by atoms with Crippen LogP contribution in [0.4, 0.5) is 0 Å². The summed E-state index contributed by atoms with van der Waals surface area (Å²) in [5.41, 5.74) is 0. The van der Waals surface area contributed by atoms with Gasteiger partial charge in [-0.2, -0.15) is 0 Å². The molecule has 1 rings (SSSR count). The summed E-state index contributed by atoms with van der Waals surface area (Å²) in [6.07, 6.45) is 6.81. The zero-order valence-electron chi connectivity index (χ0n) is 8.16. The van der Waals surface area contributed by atoms with Crippen LogP contribution in [0.2, 0.25) is 0 Å². The van der Waals surface area contributed by atoms with E-state index in [4.69, 9.17) is 5.11 Å². The van der Waals surface area contributed by atoms with Crippen molar-refractivity contribution in [2.75, 3.05) is 0 Å². The molecule has 0 saturated heterocycles. The molecule has 1 aliphatic carbocycles. The van der Waals surface area contributed by atoms with Crippen LogP contribution in [0.5, 0.6) is 0 Å². The van der Waals surface area contributed by atoms with Crippen molar-refractivity contribution in [1.29, 1.82) is 0 Å². The Morgan fingerprint density at radius 3 is 2.31 bits per heavy atom. The summed E-state index contributed by atoms with van der Waals surface area (Å²) < 4.78 is 0. The Morgan fingerprint density at radius 2 is 1.92 bits per heavy atom. The van der Waals surface area contributed by atoms with Gasteiger partial charge in [-0.25, -0.2) is 0 Å². The minimum absolute atomic E-state index is 0. The van der Waals surface area contributed by atoms with Gasteiger partial charge in [0.05, 0.1) is 5.92 Å². The van der Waals surface area contributed by atoms with Crippen LogP contribution in [0, 0.1) is 11.8 Å². The number of carboxylic acids is 1. The van der Waals surface area contributed by atoms with Crippen molar-refractivity contribution in [2.24, 2.45) is 11.8 Å². The summed E-state index contributed by atoms with van der Waals surface area (Å²) in [6.45, 7) is 1.98. The first-order valence-electron chi connectivity index (χ1n) is 4.98. The van der Waals surface area contributed by atoms with Crippen molar-refractivity contribution in [1.82, 2.24) is 0 Å². The van der Waals surface area contributed by atoms with Gasteiger partial charge < -0.3 is 5.11 Å². The summed E-state index contributed by atoms with van der Waals surface area (Å²) in [7, 11) is 0. The van der Waals surface area contributed by atoms with E-state index in [0.717, 1.165) is 19.3 Å². The number of hydrogen-bond donors (Lipinski definition) is 1. The molecule has 1 fully saturated rings. The third kappa shape index (κ3) is 3.81. The monoisotopic (exact) mass is 268 g/mol. The molecule has 0 aromatic carbocycles. The van der Waals surface area contributed by atoms with Gasteiger partial charge in [-0.1, -0.05) is 26.2 Å². The van der Waals surface area contributed by atoms with Gasteiger partial charge in [0.2, 0.25) is 0 Å². The Bertz CT molecular complexity index is 153. The van der Waals surface area contributed by atoms with Crippen LogP contribution >= 0.6 is 0 Å². The van der Waals surface area contributed by atoms with Crippen LogP contribution in [-0.4, -0.2) is 11.1 Å². The Hall–Kier alpha value is 0.158. The fourth-order valence-electron chi connectivity index (χ4n) is 2.25. The van der Waals surface area contributed by atoms with Gasteiger partial charge in [0.25, 0.3) is 0 Å². The first-order chi connectivity index (χ1) is 5.75. The van der Waals surface area contributed by atoms with E-state index in [-0.39, 0.29) is 27.0 Å². The molecule has 0 amide bonds. The fourth-order valence-corrected chi connectivity index (χ4v) is 2.25. The molecule has 76 valence electrons. The Morgan fingerprint density at radius 1 is 1.38 bits per heavy atom. The van der Waals surface area contributed by atoms with E-state index in [9.17, 15) is 4.79 Å². The Labute approximate surface area is 94.4 Å². The topological polar surface area (TPSA) is 37.3 Å². The van der Waals surface area contributed by atoms with Crippen molar-refractivity contribution in [3.63, 3.8) is 0 Å². The summed E-state index contributed by atoms with van der Waals surface area (Å²) in [5.74, 6) is -0.212. The molecule has 0 spiro atoms. The summed E-state index contributed by atoms with van der Waals surface area (Å²) in [4.78, 5) is 10.8. The fraction of sp³-hybridized carbons (Fsp3) is 0.900. The van der Waals surface area contributed by atoms with Gasteiger partial charge in [-0.3, -0.25) is 4.79 Å². The molecule has 13 heavy (non-hydrogen) atoms. The summed E-state index contributed by atoms with van der Waals surface area (Å²) in [5, 5.41) is 8.93. The molecule has 2 nitrogen and oxygen atoms in total. The van der Waals surface area contributed by atoms with Gasteiger partial charge in [-0.15, -0.1) is 0 Å². The molecule has 1 saturated carbocycles. The zero-order valence-corrected chi connectivity index (χ0v) is 10.2. The molecule has 0 bridgehead atoms. The number of carboxylic acid groups (broad SMARTS) is 1. The molecule has 3 heteroatoms. The maximum atomic E-state index is 10.8. The molecule has 0 aliphatic heterocycles. The van der Waals surface area contributed by atoms with Gasteiger partial charge >= 0.3 is 5.97 Å². The maximum Gasteiger partial charge on any atom is 0.306 e. The smallest absolute Gasteiger partial charge is 0.306 e. The zero-order chi connectivity index (χ0) is 8.97. The molecule has 0 heterocycles. The number of carbonyl (C=O) groups is 1. The molecular formula is C10H18MoO2. The van der Waals surface area contributed by atoms with Gasteiger partial charge in [0.1, 0.15) is 0 Å². The molecule has 0 radical (unpaired) electrons. The van der Waals surface area contributed by atoms with Gasteiger partial charge in [-0.05, 0) is 25.2 Å². The van der Waals surface area contributed by atoms with Crippen LogP contribution in [0.15, 0.2) is 0 Å². The first kappa shape index (κ1) is 13.2. The van der Waals surface area contributed by atoms with Crippen molar-refractivity contribution < 1.29 is 31.0 Å². The minimum atomic E-state index is -0.593. The average molecular weight is 266 g/mol. The predicted octanol–water partition coefficient (Wildman–Crippen LogP) is 2.68. The van der Waals surface area contributed by atoms with Gasteiger partial charge in [0.15, 0.2) is 0 Å². The number of aliphatic carboxylic acids is 1. The molecule has 1 aliphatic rings. The SMILES string of the molecule is CCC(C(=O)O)C1CCCCC1.[Mo]. The largest absolute Gasteiger partial charge is 0.481 e. The third-order valence-electron chi connectivity index (χ3n) is 2.98. The molecule has 0 aromatic rings. The minimum Gasteiger partial charge on any atom is -0.481 e. The van der Waals surface area contributed by atoms with E-state index in [1.165, 1.54) is 19.3 Å². The number of hydrogen-bond acceptors (Lipinski definition) is 1. The van der Waals surface area contributed by atoms with Crippen molar-refractivity contribution in [2.45, 2.75) is 45.4 Å². The second-order valence-corrected chi connectivity index (χ2v) is 3.75. The standard InChI is InChI=1S/C10H18O2.Mo/c1-2-9(10(11)12)8-6-4-3-5-7-8;/h8-9H,2-7H2,1H3,(H,11,12);. The third-order valence-corrected chi connectivity index (χ3v) is 2.98. The van der Waals surface area contributed by atoms with Crippen molar-refractivity contribution in [3.8, 4) is 0 Å². The maximum absolute atomic E-state index is 10.8. The summed E-state index contributed by atoms with van der Waals surface area (Å²) in [6, 6.07) is 0. The normalized spacial score (nSPS) is 20.4. The summed E-state index contributed by atoms with van der Waals surface area (Å²) >= 11 is 0. The van der Waals surface area contributed by atoms with Crippen LogP contribution < -0.4 is 0 Å². The van der Waals surface area contributed by atoms with E-state index in [1.807, 2.05) is 6.92 Å².